The molecular weight excluding hydrogens is 196 g/mol. The van der Waals surface area contributed by atoms with Gasteiger partial charge in [0.2, 0.25) is 0 Å². The van der Waals surface area contributed by atoms with E-state index in [1.54, 1.807) is 5.56 Å². The third-order valence-electron chi connectivity index (χ3n) is 3.88. The van der Waals surface area contributed by atoms with Crippen molar-refractivity contribution < 1.29 is 0 Å². The Morgan fingerprint density at radius 3 is 2.75 bits per heavy atom. The Bertz CT molecular complexity index is 329. The van der Waals surface area contributed by atoms with Crippen molar-refractivity contribution in [1.82, 2.24) is 9.88 Å². The van der Waals surface area contributed by atoms with Gasteiger partial charge in [-0.05, 0) is 37.4 Å². The molecule has 0 unspecified atom stereocenters. The topological polar surface area (TPSA) is 19.0 Å². The van der Waals surface area contributed by atoms with E-state index in [0.29, 0.717) is 6.04 Å². The zero-order valence-electron chi connectivity index (χ0n) is 10.8. The number of fused-ring (bicyclic) bond motifs is 1. The number of aromatic nitrogens is 1. The van der Waals surface area contributed by atoms with Gasteiger partial charge >= 0.3 is 0 Å². The van der Waals surface area contributed by atoms with Crippen molar-refractivity contribution in [2.24, 2.45) is 0 Å². The van der Waals surface area contributed by atoms with Gasteiger partial charge in [0, 0.05) is 30.4 Å². The summed E-state index contributed by atoms with van der Waals surface area (Å²) in [4.78, 5) is 6.14. The van der Waals surface area contributed by atoms with E-state index in [9.17, 15) is 0 Å². The molecular formula is C14H24N2. The highest BCUT2D eigenvalue weighted by atomic mass is 15.2. The lowest BCUT2D eigenvalue weighted by atomic mass is 9.90. The van der Waals surface area contributed by atoms with Gasteiger partial charge in [-0.15, -0.1) is 0 Å². The monoisotopic (exact) mass is 220 g/mol. The molecule has 2 heterocycles. The first-order valence-electron chi connectivity index (χ1n) is 6.73. The fourth-order valence-corrected chi connectivity index (χ4v) is 3.12. The maximum Gasteiger partial charge on any atom is 0.0366 e. The van der Waals surface area contributed by atoms with Crippen molar-refractivity contribution in [2.75, 3.05) is 6.54 Å². The first-order valence-corrected chi connectivity index (χ1v) is 6.73. The summed E-state index contributed by atoms with van der Waals surface area (Å²) in [5.41, 5.74) is 3.02. The smallest absolute Gasteiger partial charge is 0.0366 e. The zero-order chi connectivity index (χ0) is 11.5. The molecule has 90 valence electrons. The van der Waals surface area contributed by atoms with Gasteiger partial charge in [-0.2, -0.15) is 0 Å². The molecule has 1 aromatic rings. The molecule has 0 saturated carbocycles. The molecule has 1 aliphatic rings. The molecule has 0 radical (unpaired) electrons. The number of H-pyrrole nitrogens is 1. The van der Waals surface area contributed by atoms with E-state index in [0.717, 1.165) is 6.04 Å². The molecule has 1 N–H and O–H groups in total. The summed E-state index contributed by atoms with van der Waals surface area (Å²) < 4.78 is 0. The van der Waals surface area contributed by atoms with E-state index < -0.39 is 0 Å². The highest BCUT2D eigenvalue weighted by Gasteiger charge is 2.32. The van der Waals surface area contributed by atoms with Crippen LogP contribution in [0.4, 0.5) is 0 Å². The molecule has 0 amide bonds. The van der Waals surface area contributed by atoms with Gasteiger partial charge < -0.3 is 4.98 Å². The van der Waals surface area contributed by atoms with Crippen molar-refractivity contribution in [3.8, 4) is 0 Å². The zero-order valence-corrected chi connectivity index (χ0v) is 10.8. The van der Waals surface area contributed by atoms with Crippen LogP contribution < -0.4 is 0 Å². The van der Waals surface area contributed by atoms with Crippen LogP contribution in [-0.4, -0.2) is 22.5 Å². The summed E-state index contributed by atoms with van der Waals surface area (Å²) in [6.45, 7) is 8.14. The minimum atomic E-state index is 0.639. The summed E-state index contributed by atoms with van der Waals surface area (Å²) in [6.07, 6.45) is 7.05. The quantitative estimate of drug-likeness (QED) is 0.822. The van der Waals surface area contributed by atoms with Crippen LogP contribution in [0.1, 0.15) is 57.3 Å². The Labute approximate surface area is 99.0 Å². The van der Waals surface area contributed by atoms with Crippen molar-refractivity contribution in [1.29, 1.82) is 0 Å². The predicted octanol–water partition coefficient (Wildman–Crippen LogP) is 3.51. The van der Waals surface area contributed by atoms with Crippen LogP contribution in [0.5, 0.6) is 0 Å². The summed E-state index contributed by atoms with van der Waals surface area (Å²) in [6, 6.07) is 3.65. The molecule has 16 heavy (non-hydrogen) atoms. The molecule has 0 bridgehead atoms. The SMILES string of the molecule is CCCN1[C@H](CC)Cc2[nH]ccc2[C@@H]1CC. The maximum atomic E-state index is 3.42. The van der Waals surface area contributed by atoms with Crippen LogP contribution in [0, 0.1) is 0 Å². The maximum absolute atomic E-state index is 3.42. The fraction of sp³-hybridized carbons (Fsp3) is 0.714. The van der Waals surface area contributed by atoms with Crippen molar-refractivity contribution in [3.05, 3.63) is 23.5 Å². The lowest BCUT2D eigenvalue weighted by Crippen LogP contribution is -2.43. The van der Waals surface area contributed by atoms with E-state index in [1.807, 2.05) is 0 Å². The fourth-order valence-electron chi connectivity index (χ4n) is 3.12. The number of rotatable bonds is 4. The Morgan fingerprint density at radius 1 is 1.31 bits per heavy atom. The normalized spacial score (nSPS) is 25.7. The number of aromatic amines is 1. The lowest BCUT2D eigenvalue weighted by molar-refractivity contribution is 0.109. The lowest BCUT2D eigenvalue weighted by Gasteiger charge is -2.41. The molecule has 2 atom stereocenters. The molecule has 0 spiro atoms. The van der Waals surface area contributed by atoms with Crippen LogP contribution >= 0.6 is 0 Å². The number of hydrogen-bond donors (Lipinski definition) is 1. The second-order valence-electron chi connectivity index (χ2n) is 4.84. The van der Waals surface area contributed by atoms with Gasteiger partial charge in [-0.1, -0.05) is 20.8 Å². The van der Waals surface area contributed by atoms with Crippen molar-refractivity contribution in [2.45, 2.75) is 58.5 Å². The van der Waals surface area contributed by atoms with Crippen molar-refractivity contribution in [3.63, 3.8) is 0 Å². The van der Waals surface area contributed by atoms with Gasteiger partial charge in [-0.3, -0.25) is 4.90 Å². The van der Waals surface area contributed by atoms with Crippen LogP contribution in [0.25, 0.3) is 0 Å². The molecule has 2 nitrogen and oxygen atoms in total. The minimum absolute atomic E-state index is 0.639. The molecule has 1 aromatic heterocycles. The number of hydrogen-bond acceptors (Lipinski definition) is 1. The van der Waals surface area contributed by atoms with Gasteiger partial charge in [0.25, 0.3) is 0 Å². The van der Waals surface area contributed by atoms with E-state index in [2.05, 4.69) is 42.9 Å². The van der Waals surface area contributed by atoms with Crippen LogP contribution in [0.3, 0.4) is 0 Å². The molecule has 0 aliphatic carbocycles. The van der Waals surface area contributed by atoms with Gasteiger partial charge in [-0.25, -0.2) is 0 Å². The van der Waals surface area contributed by atoms with E-state index in [-0.39, 0.29) is 0 Å². The van der Waals surface area contributed by atoms with Gasteiger partial charge in [0.1, 0.15) is 0 Å². The Morgan fingerprint density at radius 2 is 2.12 bits per heavy atom. The van der Waals surface area contributed by atoms with Gasteiger partial charge in [0.05, 0.1) is 0 Å². The summed E-state index contributed by atoms with van der Waals surface area (Å²) in [7, 11) is 0. The highest BCUT2D eigenvalue weighted by molar-refractivity contribution is 5.28. The first-order chi connectivity index (χ1) is 7.81. The Balaban J connectivity index is 2.29. The Hall–Kier alpha value is -0.760. The third kappa shape index (κ3) is 1.91. The first kappa shape index (κ1) is 11.7. The summed E-state index contributed by atoms with van der Waals surface area (Å²) in [5.74, 6) is 0. The van der Waals surface area contributed by atoms with Crippen LogP contribution in [0.15, 0.2) is 12.3 Å². The predicted molar refractivity (Wildman–Crippen MR) is 68.6 cm³/mol. The summed E-state index contributed by atoms with van der Waals surface area (Å²) in [5, 5.41) is 0. The standard InChI is InChI=1S/C14H24N2/c1-4-9-16-11(5-2)10-13-12(7-8-15-13)14(16)6-3/h7-8,11,14-15H,4-6,9-10H2,1-3H3/t11-,14+/m1/s1. The molecule has 1 aliphatic heterocycles. The largest absolute Gasteiger partial charge is 0.365 e. The second-order valence-corrected chi connectivity index (χ2v) is 4.84. The molecule has 2 heteroatoms. The number of nitrogens with zero attached hydrogens (tertiary/aromatic N) is 1. The van der Waals surface area contributed by atoms with E-state index in [1.165, 1.54) is 37.9 Å². The Kier molecular flexibility index (Phi) is 3.70. The third-order valence-corrected chi connectivity index (χ3v) is 3.88. The van der Waals surface area contributed by atoms with Crippen LogP contribution in [-0.2, 0) is 6.42 Å². The molecule has 0 saturated heterocycles. The number of nitrogens with one attached hydrogen (secondary N) is 1. The average molecular weight is 220 g/mol. The second kappa shape index (κ2) is 5.05. The van der Waals surface area contributed by atoms with E-state index in [4.69, 9.17) is 0 Å². The van der Waals surface area contributed by atoms with Gasteiger partial charge in [0.15, 0.2) is 0 Å². The van der Waals surface area contributed by atoms with Crippen LogP contribution in [0.2, 0.25) is 0 Å². The minimum Gasteiger partial charge on any atom is -0.365 e. The summed E-state index contributed by atoms with van der Waals surface area (Å²) >= 11 is 0. The van der Waals surface area contributed by atoms with E-state index >= 15 is 0 Å². The average Bonchev–Trinajstić information content (AvgIpc) is 2.76. The molecule has 0 fully saturated rings. The highest BCUT2D eigenvalue weighted by Crippen LogP contribution is 2.35. The van der Waals surface area contributed by atoms with Crippen molar-refractivity contribution >= 4 is 0 Å². The molecule has 0 aromatic carbocycles. The molecule has 2 rings (SSSR count).